The quantitative estimate of drug-likeness (QED) is 0.841. The molecule has 2 rings (SSSR count). The van der Waals surface area contributed by atoms with Gasteiger partial charge in [-0.3, -0.25) is 0 Å². The summed E-state index contributed by atoms with van der Waals surface area (Å²) in [7, 11) is 0. The summed E-state index contributed by atoms with van der Waals surface area (Å²) in [6.07, 6.45) is 0.588. The van der Waals surface area contributed by atoms with E-state index in [1.165, 1.54) is 12.1 Å². The first kappa shape index (κ1) is 11.5. The number of hydrogen-bond acceptors (Lipinski definition) is 2. The van der Waals surface area contributed by atoms with E-state index in [-0.39, 0.29) is 6.61 Å². The lowest BCUT2D eigenvalue weighted by molar-refractivity contribution is 0.0549. The van der Waals surface area contributed by atoms with E-state index in [1.807, 2.05) is 0 Å². The van der Waals surface area contributed by atoms with Gasteiger partial charge in [-0.15, -0.1) is 0 Å². The third kappa shape index (κ3) is 2.57. The van der Waals surface area contributed by atoms with Crippen LogP contribution in [-0.2, 0) is 6.42 Å². The Labute approximate surface area is 93.5 Å². The number of rotatable bonds is 4. The number of benzene rings is 1. The van der Waals surface area contributed by atoms with Gasteiger partial charge in [-0.05, 0) is 18.1 Å². The standard InChI is InChI=1S/C12H15F2NO/c13-11-2-1-10(12(14)5-11)3-4-15-6-9(7-15)8-16/h1-2,5,9,16H,3-4,6-8H2. The van der Waals surface area contributed by atoms with Crippen molar-refractivity contribution in [3.63, 3.8) is 0 Å². The largest absolute Gasteiger partial charge is 0.396 e. The maximum atomic E-state index is 13.3. The highest BCUT2D eigenvalue weighted by Gasteiger charge is 2.25. The lowest BCUT2D eigenvalue weighted by atomic mass is 10.0. The van der Waals surface area contributed by atoms with E-state index in [1.54, 1.807) is 0 Å². The Bertz CT molecular complexity index is 364. The predicted octanol–water partition coefficient (Wildman–Crippen LogP) is 1.43. The zero-order valence-corrected chi connectivity index (χ0v) is 9.00. The van der Waals surface area contributed by atoms with E-state index in [9.17, 15) is 8.78 Å². The van der Waals surface area contributed by atoms with Gasteiger partial charge in [-0.2, -0.15) is 0 Å². The van der Waals surface area contributed by atoms with E-state index in [0.29, 0.717) is 17.9 Å². The molecule has 0 aliphatic carbocycles. The molecule has 0 bridgehead atoms. The summed E-state index contributed by atoms with van der Waals surface area (Å²) >= 11 is 0. The maximum absolute atomic E-state index is 13.3. The number of aliphatic hydroxyl groups excluding tert-OH is 1. The van der Waals surface area contributed by atoms with Gasteiger partial charge < -0.3 is 10.0 Å². The van der Waals surface area contributed by atoms with Crippen molar-refractivity contribution in [3.05, 3.63) is 35.4 Å². The summed E-state index contributed by atoms with van der Waals surface area (Å²) in [5, 5.41) is 8.84. The van der Waals surface area contributed by atoms with Crippen molar-refractivity contribution in [2.45, 2.75) is 6.42 Å². The zero-order chi connectivity index (χ0) is 11.5. The Kier molecular flexibility index (Phi) is 3.51. The van der Waals surface area contributed by atoms with Crippen LogP contribution in [0.15, 0.2) is 18.2 Å². The lowest BCUT2D eigenvalue weighted by Gasteiger charge is -2.38. The van der Waals surface area contributed by atoms with Crippen LogP contribution in [0.3, 0.4) is 0 Å². The van der Waals surface area contributed by atoms with Gasteiger partial charge in [0.2, 0.25) is 0 Å². The fourth-order valence-electron chi connectivity index (χ4n) is 1.98. The first-order valence-electron chi connectivity index (χ1n) is 5.46. The molecule has 2 nitrogen and oxygen atoms in total. The SMILES string of the molecule is OCC1CN(CCc2ccc(F)cc2F)C1. The van der Waals surface area contributed by atoms with Gasteiger partial charge in [0.1, 0.15) is 11.6 Å². The van der Waals surface area contributed by atoms with Crippen LogP contribution >= 0.6 is 0 Å². The molecule has 0 saturated carbocycles. The first-order chi connectivity index (χ1) is 7.69. The second-order valence-corrected chi connectivity index (χ2v) is 4.29. The molecule has 4 heteroatoms. The Hall–Kier alpha value is -1.00. The van der Waals surface area contributed by atoms with Gasteiger partial charge in [-0.25, -0.2) is 8.78 Å². The van der Waals surface area contributed by atoms with Crippen LogP contribution in [0.2, 0.25) is 0 Å². The number of aliphatic hydroxyl groups is 1. The normalized spacial score (nSPS) is 17.4. The highest BCUT2D eigenvalue weighted by atomic mass is 19.1. The third-order valence-corrected chi connectivity index (χ3v) is 3.00. The fourth-order valence-corrected chi connectivity index (χ4v) is 1.98. The summed E-state index contributed by atoms with van der Waals surface area (Å²) in [5.41, 5.74) is 0.550. The number of likely N-dealkylation sites (tertiary alicyclic amines) is 1. The second-order valence-electron chi connectivity index (χ2n) is 4.29. The highest BCUT2D eigenvalue weighted by Crippen LogP contribution is 2.16. The molecule has 88 valence electrons. The topological polar surface area (TPSA) is 23.5 Å². The van der Waals surface area contributed by atoms with Crippen molar-refractivity contribution in [2.75, 3.05) is 26.2 Å². The van der Waals surface area contributed by atoms with Gasteiger partial charge in [0, 0.05) is 38.2 Å². The molecule has 16 heavy (non-hydrogen) atoms. The fraction of sp³-hybridized carbons (Fsp3) is 0.500. The maximum Gasteiger partial charge on any atom is 0.129 e. The second kappa shape index (κ2) is 4.89. The third-order valence-electron chi connectivity index (χ3n) is 3.00. The van der Waals surface area contributed by atoms with Crippen LogP contribution in [0.4, 0.5) is 8.78 Å². The highest BCUT2D eigenvalue weighted by molar-refractivity contribution is 5.18. The van der Waals surface area contributed by atoms with Crippen molar-refractivity contribution < 1.29 is 13.9 Å². The van der Waals surface area contributed by atoms with Crippen LogP contribution in [0, 0.1) is 17.6 Å². The molecule has 1 aromatic carbocycles. The minimum absolute atomic E-state index is 0.224. The molecule has 1 saturated heterocycles. The van der Waals surface area contributed by atoms with Gasteiger partial charge in [0.25, 0.3) is 0 Å². The van der Waals surface area contributed by atoms with Crippen molar-refractivity contribution in [1.82, 2.24) is 4.90 Å². The summed E-state index contributed by atoms with van der Waals surface area (Å²) in [4.78, 5) is 2.16. The van der Waals surface area contributed by atoms with E-state index >= 15 is 0 Å². The van der Waals surface area contributed by atoms with Crippen LogP contribution in [-0.4, -0.2) is 36.2 Å². The summed E-state index contributed by atoms with van der Waals surface area (Å²) in [6.45, 7) is 2.74. The van der Waals surface area contributed by atoms with E-state index in [2.05, 4.69) is 4.90 Å². The Balaban J connectivity index is 1.82. The van der Waals surface area contributed by atoms with Crippen molar-refractivity contribution in [3.8, 4) is 0 Å². The van der Waals surface area contributed by atoms with Crippen molar-refractivity contribution in [1.29, 1.82) is 0 Å². The van der Waals surface area contributed by atoms with Crippen LogP contribution in [0.5, 0.6) is 0 Å². The van der Waals surface area contributed by atoms with Crippen LogP contribution in [0.1, 0.15) is 5.56 Å². The molecule has 0 amide bonds. The Morgan fingerprint density at radius 1 is 1.31 bits per heavy atom. The first-order valence-corrected chi connectivity index (χ1v) is 5.46. The van der Waals surface area contributed by atoms with E-state index in [0.717, 1.165) is 25.7 Å². The van der Waals surface area contributed by atoms with Crippen molar-refractivity contribution >= 4 is 0 Å². The molecule has 0 atom stereocenters. The van der Waals surface area contributed by atoms with Gasteiger partial charge in [-0.1, -0.05) is 6.07 Å². The summed E-state index contributed by atoms with van der Waals surface area (Å²) in [5.74, 6) is -0.636. The Morgan fingerprint density at radius 2 is 2.06 bits per heavy atom. The average Bonchev–Trinajstić information content (AvgIpc) is 2.18. The molecule has 0 aromatic heterocycles. The zero-order valence-electron chi connectivity index (χ0n) is 9.00. The average molecular weight is 227 g/mol. The smallest absolute Gasteiger partial charge is 0.129 e. The molecular weight excluding hydrogens is 212 g/mol. The summed E-state index contributed by atoms with van der Waals surface area (Å²) < 4.78 is 25.9. The molecular formula is C12H15F2NO. The van der Waals surface area contributed by atoms with Gasteiger partial charge >= 0.3 is 0 Å². The summed E-state index contributed by atoms with van der Waals surface area (Å²) in [6, 6.07) is 3.70. The molecule has 1 aliphatic heterocycles. The van der Waals surface area contributed by atoms with Crippen LogP contribution in [0.25, 0.3) is 0 Å². The lowest BCUT2D eigenvalue weighted by Crippen LogP contribution is -2.48. The monoisotopic (exact) mass is 227 g/mol. The molecule has 1 aromatic rings. The van der Waals surface area contributed by atoms with Gasteiger partial charge in [0.05, 0.1) is 0 Å². The molecule has 1 N–H and O–H groups in total. The molecule has 1 aliphatic rings. The minimum atomic E-state index is -0.537. The van der Waals surface area contributed by atoms with Crippen molar-refractivity contribution in [2.24, 2.45) is 5.92 Å². The minimum Gasteiger partial charge on any atom is -0.396 e. The number of hydrogen-bond donors (Lipinski definition) is 1. The number of nitrogens with zero attached hydrogens (tertiary/aromatic N) is 1. The predicted molar refractivity (Wildman–Crippen MR) is 57.1 cm³/mol. The number of halogens is 2. The molecule has 0 radical (unpaired) electrons. The van der Waals surface area contributed by atoms with Gasteiger partial charge in [0.15, 0.2) is 0 Å². The van der Waals surface area contributed by atoms with E-state index < -0.39 is 11.6 Å². The molecule has 0 unspecified atom stereocenters. The van der Waals surface area contributed by atoms with E-state index in [4.69, 9.17) is 5.11 Å². The van der Waals surface area contributed by atoms with Crippen LogP contribution < -0.4 is 0 Å². The molecule has 1 fully saturated rings. The Morgan fingerprint density at radius 3 is 2.69 bits per heavy atom. The molecule has 0 spiro atoms. The molecule has 1 heterocycles.